The van der Waals surface area contributed by atoms with E-state index in [1.165, 1.54) is 58.3 Å². The number of anilines is 1. The molecule has 2 N–H and O–H groups in total. The summed E-state index contributed by atoms with van der Waals surface area (Å²) in [6.07, 6.45) is 12.9. The molecule has 1 heterocycles. The first-order valence-corrected chi connectivity index (χ1v) is 11.7. The first-order valence-electron chi connectivity index (χ1n) is 11.7. The average Bonchev–Trinajstić information content (AvgIpc) is 2.94. The quantitative estimate of drug-likeness (QED) is 0.261. The van der Waals surface area contributed by atoms with Gasteiger partial charge in [-0.15, -0.1) is 0 Å². The van der Waals surface area contributed by atoms with Crippen molar-refractivity contribution in [3.63, 3.8) is 0 Å². The van der Waals surface area contributed by atoms with Gasteiger partial charge < -0.3 is 14.6 Å². The first kappa shape index (κ1) is 24.9. The van der Waals surface area contributed by atoms with E-state index in [-0.39, 0.29) is 11.3 Å². The zero-order valence-corrected chi connectivity index (χ0v) is 19.0. The number of esters is 1. The largest absolute Gasteiger partial charge is 0.422 e. The Labute approximate surface area is 186 Å². The summed E-state index contributed by atoms with van der Waals surface area (Å²) in [4.78, 5) is 24.4. The minimum Gasteiger partial charge on any atom is -0.422 e. The summed E-state index contributed by atoms with van der Waals surface area (Å²) in [5.74, 6) is -2.67. The number of carbonyl (C=O) groups is 2. The van der Waals surface area contributed by atoms with E-state index in [1.54, 1.807) is 24.3 Å². The van der Waals surface area contributed by atoms with Crippen LogP contribution >= 0.6 is 0 Å². The number of benzene rings is 1. The fourth-order valence-electron chi connectivity index (χ4n) is 3.76. The van der Waals surface area contributed by atoms with Crippen molar-refractivity contribution in [3.05, 3.63) is 41.7 Å². The van der Waals surface area contributed by atoms with Gasteiger partial charge in [-0.25, -0.2) is 9.59 Å². The molecule has 1 aliphatic heterocycles. The smallest absolute Gasteiger partial charge is 0.417 e. The minimum atomic E-state index is -1.93. The number of unbranched alkanes of at least 4 members (excludes halogenated alkanes) is 10. The number of aliphatic hydroxyl groups is 1. The lowest BCUT2D eigenvalue weighted by Gasteiger charge is -2.19. The van der Waals surface area contributed by atoms with Crippen LogP contribution in [0.3, 0.4) is 0 Å². The lowest BCUT2D eigenvalue weighted by atomic mass is 10.0. The van der Waals surface area contributed by atoms with Gasteiger partial charge in [0.15, 0.2) is 5.76 Å². The zero-order valence-electron chi connectivity index (χ0n) is 19.0. The second-order valence-corrected chi connectivity index (χ2v) is 8.35. The van der Waals surface area contributed by atoms with E-state index in [9.17, 15) is 14.7 Å². The van der Waals surface area contributed by atoms with E-state index in [0.29, 0.717) is 12.1 Å². The van der Waals surface area contributed by atoms with Crippen LogP contribution in [0.5, 0.6) is 0 Å². The van der Waals surface area contributed by atoms with Crippen LogP contribution in [-0.4, -0.2) is 23.0 Å². The molecule has 31 heavy (non-hydrogen) atoms. The van der Waals surface area contributed by atoms with Gasteiger partial charge in [0.25, 0.3) is 5.79 Å². The molecule has 0 saturated carbocycles. The molecule has 1 aliphatic rings. The van der Waals surface area contributed by atoms with Crippen LogP contribution in [0, 0.1) is 0 Å². The Morgan fingerprint density at radius 2 is 1.52 bits per heavy atom. The molecular weight excluding hydrogens is 394 g/mol. The van der Waals surface area contributed by atoms with Crippen molar-refractivity contribution in [1.82, 2.24) is 0 Å². The highest BCUT2D eigenvalue weighted by Gasteiger charge is 2.45. The number of cyclic esters (lactones) is 1. The molecule has 1 amide bonds. The molecular formula is C25H37NO5. The van der Waals surface area contributed by atoms with Gasteiger partial charge in [-0.1, -0.05) is 89.3 Å². The Morgan fingerprint density at radius 3 is 2.10 bits per heavy atom. The molecule has 0 fully saturated rings. The number of nitrogens with one attached hydrogen (secondary N) is 1. The molecule has 1 unspecified atom stereocenters. The fourth-order valence-corrected chi connectivity index (χ4v) is 3.76. The molecule has 0 aliphatic carbocycles. The molecule has 2 rings (SSSR count). The van der Waals surface area contributed by atoms with Gasteiger partial charge in [0.05, 0.1) is 5.57 Å². The molecule has 6 heteroatoms. The Balaban J connectivity index is 1.75. The standard InChI is InChI=1S/C25H37NO5/c1-3-4-5-6-7-8-9-10-11-12-16-19-21-22(25(2,29)31-23(21)27)30-24(28)26-20-17-14-13-15-18-20/h13-15,17-18,29H,3-12,16,19H2,1-2H3,(H,26,28). The highest BCUT2D eigenvalue weighted by atomic mass is 16.7. The van der Waals surface area contributed by atoms with Crippen LogP contribution in [0.1, 0.15) is 90.9 Å². The molecule has 0 radical (unpaired) electrons. The van der Waals surface area contributed by atoms with Gasteiger partial charge in [0.2, 0.25) is 0 Å². The maximum absolute atomic E-state index is 12.2. The van der Waals surface area contributed by atoms with Gasteiger partial charge in [-0.2, -0.15) is 0 Å². The molecule has 0 bridgehead atoms. The summed E-state index contributed by atoms with van der Waals surface area (Å²) in [5.41, 5.74) is 0.800. The monoisotopic (exact) mass is 431 g/mol. The predicted octanol–water partition coefficient (Wildman–Crippen LogP) is 6.46. The number of carbonyl (C=O) groups excluding carboxylic acids is 2. The van der Waals surface area contributed by atoms with Crippen molar-refractivity contribution in [3.8, 4) is 0 Å². The van der Waals surface area contributed by atoms with Crippen LogP contribution < -0.4 is 5.32 Å². The highest BCUT2D eigenvalue weighted by Crippen LogP contribution is 2.34. The number of hydrogen-bond acceptors (Lipinski definition) is 5. The van der Waals surface area contributed by atoms with Crippen LogP contribution in [0.25, 0.3) is 0 Å². The molecule has 0 aromatic heterocycles. The maximum atomic E-state index is 12.2. The third kappa shape index (κ3) is 8.74. The van der Waals surface area contributed by atoms with E-state index in [1.807, 2.05) is 6.07 Å². The van der Waals surface area contributed by atoms with Gasteiger partial charge in [0, 0.05) is 12.6 Å². The Kier molecular flexibility index (Phi) is 10.6. The SMILES string of the molecule is CCCCCCCCCCCCCC1=C(OC(=O)Nc2ccccc2)C(C)(O)OC1=O. The first-order chi connectivity index (χ1) is 14.9. The van der Waals surface area contributed by atoms with Crippen LogP contribution in [0.4, 0.5) is 10.5 Å². The molecule has 1 atom stereocenters. The summed E-state index contributed by atoms with van der Waals surface area (Å²) in [6.45, 7) is 3.54. The normalized spacial score (nSPS) is 18.2. The molecule has 0 spiro atoms. The second-order valence-electron chi connectivity index (χ2n) is 8.35. The zero-order chi connectivity index (χ0) is 22.5. The highest BCUT2D eigenvalue weighted by molar-refractivity contribution is 5.93. The number of ether oxygens (including phenoxy) is 2. The molecule has 1 aromatic carbocycles. The summed E-state index contributed by atoms with van der Waals surface area (Å²) in [7, 11) is 0. The van der Waals surface area contributed by atoms with Crippen LogP contribution in [0.2, 0.25) is 0 Å². The molecule has 6 nitrogen and oxygen atoms in total. The van der Waals surface area contributed by atoms with E-state index in [0.717, 1.165) is 19.3 Å². The van der Waals surface area contributed by atoms with Gasteiger partial charge in [-0.3, -0.25) is 5.32 Å². The fraction of sp³-hybridized carbons (Fsp3) is 0.600. The second kappa shape index (κ2) is 13.2. The van der Waals surface area contributed by atoms with E-state index < -0.39 is 17.8 Å². The van der Waals surface area contributed by atoms with Crippen molar-refractivity contribution < 1.29 is 24.2 Å². The van der Waals surface area contributed by atoms with Crippen LogP contribution in [0.15, 0.2) is 41.7 Å². The summed E-state index contributed by atoms with van der Waals surface area (Å²) in [6, 6.07) is 8.84. The van der Waals surface area contributed by atoms with E-state index >= 15 is 0 Å². The Hall–Kier alpha value is -2.34. The molecule has 172 valence electrons. The van der Waals surface area contributed by atoms with Crippen molar-refractivity contribution in [2.24, 2.45) is 0 Å². The van der Waals surface area contributed by atoms with Crippen molar-refractivity contribution in [2.75, 3.05) is 5.32 Å². The Bertz CT molecular complexity index is 727. The van der Waals surface area contributed by atoms with Crippen molar-refractivity contribution in [2.45, 2.75) is 96.7 Å². The lowest BCUT2D eigenvalue weighted by molar-refractivity contribution is -0.182. The molecule has 0 saturated heterocycles. The van der Waals surface area contributed by atoms with Crippen molar-refractivity contribution in [1.29, 1.82) is 0 Å². The number of amides is 1. The minimum absolute atomic E-state index is 0.113. The number of rotatable bonds is 14. The summed E-state index contributed by atoms with van der Waals surface area (Å²) in [5, 5.41) is 13.0. The number of hydrogen-bond donors (Lipinski definition) is 2. The summed E-state index contributed by atoms with van der Waals surface area (Å²) >= 11 is 0. The lowest BCUT2D eigenvalue weighted by Crippen LogP contribution is -2.30. The summed E-state index contributed by atoms with van der Waals surface area (Å²) < 4.78 is 10.3. The van der Waals surface area contributed by atoms with E-state index in [4.69, 9.17) is 9.47 Å². The Morgan fingerprint density at radius 1 is 0.968 bits per heavy atom. The number of para-hydroxylation sites is 1. The maximum Gasteiger partial charge on any atom is 0.417 e. The van der Waals surface area contributed by atoms with Gasteiger partial charge in [-0.05, 0) is 25.0 Å². The van der Waals surface area contributed by atoms with Crippen molar-refractivity contribution >= 4 is 17.7 Å². The van der Waals surface area contributed by atoms with E-state index in [2.05, 4.69) is 12.2 Å². The topological polar surface area (TPSA) is 84.9 Å². The van der Waals surface area contributed by atoms with Gasteiger partial charge in [0.1, 0.15) is 0 Å². The van der Waals surface area contributed by atoms with Crippen LogP contribution in [-0.2, 0) is 14.3 Å². The van der Waals surface area contributed by atoms with Gasteiger partial charge >= 0.3 is 12.1 Å². The average molecular weight is 432 g/mol. The third-order valence-electron chi connectivity index (χ3n) is 5.48. The molecule has 1 aromatic rings. The predicted molar refractivity (Wildman–Crippen MR) is 121 cm³/mol. The third-order valence-corrected chi connectivity index (χ3v) is 5.48.